The molecule has 1 N–H and O–H groups in total. The summed E-state index contributed by atoms with van der Waals surface area (Å²) in [6.07, 6.45) is 5.73. The number of methoxy groups -OCH3 is 1. The molecule has 0 bridgehead atoms. The smallest absolute Gasteiger partial charge is 0.341 e. The molecule has 0 atom stereocenters. The maximum absolute atomic E-state index is 12.9. The number of carbonyl (C=O) groups is 2. The molecule has 1 aliphatic rings. The Kier molecular flexibility index (Phi) is 9.03. The number of amides is 1. The molecule has 1 amide bonds. The molecule has 0 saturated carbocycles. The van der Waals surface area contributed by atoms with E-state index >= 15 is 0 Å². The third-order valence-corrected chi connectivity index (χ3v) is 8.29. The number of carbonyl (C=O) groups excluding carboxylic acids is 2. The van der Waals surface area contributed by atoms with Gasteiger partial charge in [0.05, 0.1) is 25.0 Å². The van der Waals surface area contributed by atoms with Crippen LogP contribution in [-0.2, 0) is 35.3 Å². The van der Waals surface area contributed by atoms with Gasteiger partial charge in [-0.15, -0.1) is 21.5 Å². The minimum absolute atomic E-state index is 0.172. The first-order valence-electron chi connectivity index (χ1n) is 12.3. The number of nitrogens with zero attached hydrogens (tertiary/aromatic N) is 3. The normalized spacial score (nSPS) is 13.1. The van der Waals surface area contributed by atoms with Gasteiger partial charge in [0.15, 0.2) is 5.16 Å². The lowest BCUT2D eigenvalue weighted by molar-refractivity contribution is -0.113. The van der Waals surface area contributed by atoms with Crippen molar-refractivity contribution < 1.29 is 19.1 Å². The standard InChI is InChI=1S/C26H32N4O4S2/c1-4-30-21(15-17-11-13-18(33-3)14-12-17)28-29-26(30)35-16-22(31)27-24-23(25(32)34-5-2)19-9-7-6-8-10-20(19)36-24/h11-14H,4-10,15-16H2,1-3H3,(H,27,31). The molecule has 192 valence electrons. The molecule has 1 aliphatic carbocycles. The van der Waals surface area contributed by atoms with Crippen LogP contribution in [-0.4, -0.2) is 46.1 Å². The van der Waals surface area contributed by atoms with E-state index in [2.05, 4.69) is 15.5 Å². The van der Waals surface area contributed by atoms with E-state index in [-0.39, 0.29) is 17.6 Å². The Labute approximate surface area is 219 Å². The van der Waals surface area contributed by atoms with Gasteiger partial charge in [-0.3, -0.25) is 4.79 Å². The number of hydrogen-bond donors (Lipinski definition) is 1. The van der Waals surface area contributed by atoms with Crippen LogP contribution in [0.15, 0.2) is 29.4 Å². The molecule has 0 radical (unpaired) electrons. The first-order chi connectivity index (χ1) is 17.5. The van der Waals surface area contributed by atoms with Crippen LogP contribution < -0.4 is 10.1 Å². The Bertz CT molecular complexity index is 1200. The molecule has 0 fully saturated rings. The minimum atomic E-state index is -0.353. The highest BCUT2D eigenvalue weighted by molar-refractivity contribution is 7.99. The van der Waals surface area contributed by atoms with Gasteiger partial charge in [-0.1, -0.05) is 30.3 Å². The van der Waals surface area contributed by atoms with Gasteiger partial charge in [-0.2, -0.15) is 0 Å². The number of ether oxygens (including phenoxy) is 2. The van der Waals surface area contributed by atoms with Crippen molar-refractivity contribution in [3.8, 4) is 5.75 Å². The zero-order valence-corrected chi connectivity index (χ0v) is 22.6. The molecule has 0 unspecified atom stereocenters. The van der Waals surface area contributed by atoms with Crippen LogP contribution in [0.4, 0.5) is 5.00 Å². The monoisotopic (exact) mass is 528 g/mol. The number of aryl methyl sites for hydroxylation is 1. The fourth-order valence-electron chi connectivity index (χ4n) is 4.34. The summed E-state index contributed by atoms with van der Waals surface area (Å²) in [7, 11) is 1.65. The molecule has 2 heterocycles. The van der Waals surface area contributed by atoms with Gasteiger partial charge in [-0.25, -0.2) is 4.79 Å². The van der Waals surface area contributed by atoms with E-state index in [1.807, 2.05) is 35.8 Å². The second kappa shape index (κ2) is 12.4. The average molecular weight is 529 g/mol. The number of aromatic nitrogens is 3. The van der Waals surface area contributed by atoms with Crippen LogP contribution >= 0.6 is 23.1 Å². The lowest BCUT2D eigenvalue weighted by Crippen LogP contribution is -2.17. The van der Waals surface area contributed by atoms with E-state index in [0.29, 0.717) is 35.3 Å². The molecular formula is C26H32N4O4S2. The predicted molar refractivity (Wildman–Crippen MR) is 142 cm³/mol. The van der Waals surface area contributed by atoms with Crippen molar-refractivity contribution in [2.24, 2.45) is 0 Å². The number of nitrogens with one attached hydrogen (secondary N) is 1. The van der Waals surface area contributed by atoms with Gasteiger partial charge < -0.3 is 19.4 Å². The topological polar surface area (TPSA) is 95.3 Å². The van der Waals surface area contributed by atoms with Gasteiger partial charge in [-0.05, 0) is 62.8 Å². The molecule has 0 spiro atoms. The van der Waals surface area contributed by atoms with E-state index in [1.165, 1.54) is 28.0 Å². The third kappa shape index (κ3) is 6.10. The highest BCUT2D eigenvalue weighted by Crippen LogP contribution is 2.38. The zero-order chi connectivity index (χ0) is 25.5. The Balaban J connectivity index is 1.43. The van der Waals surface area contributed by atoms with Gasteiger partial charge in [0.2, 0.25) is 5.91 Å². The fraction of sp³-hybridized carbons (Fsp3) is 0.462. The first kappa shape index (κ1) is 26.2. The number of esters is 1. The number of hydrogen-bond acceptors (Lipinski definition) is 8. The van der Waals surface area contributed by atoms with Gasteiger partial charge in [0.1, 0.15) is 16.6 Å². The largest absolute Gasteiger partial charge is 0.497 e. The van der Waals surface area contributed by atoms with E-state index in [0.717, 1.165) is 54.8 Å². The van der Waals surface area contributed by atoms with Crippen LogP contribution in [0.5, 0.6) is 5.75 Å². The SMILES string of the molecule is CCOC(=O)c1c(NC(=O)CSc2nnc(Cc3ccc(OC)cc3)n2CC)sc2c1CCCCC2. The summed E-state index contributed by atoms with van der Waals surface area (Å²) in [5.74, 6) is 1.30. The van der Waals surface area contributed by atoms with Crippen LogP contribution in [0.25, 0.3) is 0 Å². The van der Waals surface area contributed by atoms with E-state index < -0.39 is 0 Å². The molecule has 3 aromatic rings. The van der Waals surface area contributed by atoms with Crippen molar-refractivity contribution in [1.29, 1.82) is 0 Å². The number of fused-ring (bicyclic) bond motifs is 1. The summed E-state index contributed by atoms with van der Waals surface area (Å²) in [5.41, 5.74) is 2.69. The number of benzene rings is 1. The second-order valence-corrected chi connectivity index (χ2v) is 10.5. The minimum Gasteiger partial charge on any atom is -0.497 e. The summed E-state index contributed by atoms with van der Waals surface area (Å²) in [5, 5.41) is 13.0. The highest BCUT2D eigenvalue weighted by Gasteiger charge is 2.26. The number of thiophene rings is 1. The Hall–Kier alpha value is -2.85. The molecule has 4 rings (SSSR count). The van der Waals surface area contributed by atoms with Crippen molar-refractivity contribution in [2.45, 2.75) is 64.1 Å². The summed E-state index contributed by atoms with van der Waals surface area (Å²) in [6, 6.07) is 7.88. The van der Waals surface area contributed by atoms with Crippen LogP contribution in [0.3, 0.4) is 0 Å². The summed E-state index contributed by atoms with van der Waals surface area (Å²) in [4.78, 5) is 26.8. The average Bonchev–Trinajstić information content (AvgIpc) is 3.34. The lowest BCUT2D eigenvalue weighted by Gasteiger charge is -2.09. The molecule has 0 aliphatic heterocycles. The summed E-state index contributed by atoms with van der Waals surface area (Å²) >= 11 is 2.86. The maximum atomic E-state index is 12.9. The van der Waals surface area contributed by atoms with Crippen LogP contribution in [0, 0.1) is 0 Å². The fourth-order valence-corrected chi connectivity index (χ4v) is 6.46. The molecule has 2 aromatic heterocycles. The molecule has 36 heavy (non-hydrogen) atoms. The number of thioether (sulfide) groups is 1. The Morgan fingerprint density at radius 3 is 2.61 bits per heavy atom. The van der Waals surface area contributed by atoms with E-state index in [9.17, 15) is 9.59 Å². The predicted octanol–water partition coefficient (Wildman–Crippen LogP) is 5.14. The zero-order valence-electron chi connectivity index (χ0n) is 21.0. The van der Waals surface area contributed by atoms with Crippen molar-refractivity contribution in [1.82, 2.24) is 14.8 Å². The lowest BCUT2D eigenvalue weighted by atomic mass is 10.1. The van der Waals surface area contributed by atoms with Gasteiger partial charge in [0.25, 0.3) is 0 Å². The van der Waals surface area contributed by atoms with Crippen molar-refractivity contribution in [3.05, 3.63) is 51.7 Å². The van der Waals surface area contributed by atoms with Crippen molar-refractivity contribution >= 4 is 40.0 Å². The number of rotatable bonds is 10. The van der Waals surface area contributed by atoms with Crippen LogP contribution in [0.2, 0.25) is 0 Å². The molecule has 1 aromatic carbocycles. The second-order valence-electron chi connectivity index (χ2n) is 8.49. The molecule has 0 saturated heterocycles. The van der Waals surface area contributed by atoms with Gasteiger partial charge >= 0.3 is 5.97 Å². The molecule has 8 nitrogen and oxygen atoms in total. The number of anilines is 1. The van der Waals surface area contributed by atoms with E-state index in [4.69, 9.17) is 9.47 Å². The molecular weight excluding hydrogens is 496 g/mol. The summed E-state index contributed by atoms with van der Waals surface area (Å²) < 4.78 is 12.6. The summed E-state index contributed by atoms with van der Waals surface area (Å²) in [6.45, 7) is 4.84. The van der Waals surface area contributed by atoms with E-state index in [1.54, 1.807) is 14.0 Å². The third-order valence-electron chi connectivity index (χ3n) is 6.12. The Morgan fingerprint density at radius 1 is 1.11 bits per heavy atom. The van der Waals surface area contributed by atoms with Crippen LogP contribution in [0.1, 0.15) is 65.3 Å². The first-order valence-corrected chi connectivity index (χ1v) is 14.1. The Morgan fingerprint density at radius 2 is 1.89 bits per heavy atom. The molecule has 10 heteroatoms. The van der Waals surface area contributed by atoms with Crippen molar-refractivity contribution in [3.63, 3.8) is 0 Å². The highest BCUT2D eigenvalue weighted by atomic mass is 32.2. The quantitative estimate of drug-likeness (QED) is 0.221. The maximum Gasteiger partial charge on any atom is 0.341 e. The van der Waals surface area contributed by atoms with Gasteiger partial charge in [0, 0.05) is 17.8 Å². The van der Waals surface area contributed by atoms with Crippen molar-refractivity contribution in [2.75, 3.05) is 24.8 Å².